The van der Waals surface area contributed by atoms with E-state index >= 15 is 0 Å². The summed E-state index contributed by atoms with van der Waals surface area (Å²) in [5, 5.41) is 32.9. The lowest BCUT2D eigenvalue weighted by Crippen LogP contribution is -2.38. The summed E-state index contributed by atoms with van der Waals surface area (Å²) in [6.07, 6.45) is 2.64. The number of fused-ring (bicyclic) bond motifs is 5. The molecule has 0 aromatic heterocycles. The van der Waals surface area contributed by atoms with Gasteiger partial charge in [0, 0.05) is 22.8 Å². The predicted octanol–water partition coefficient (Wildman–Crippen LogP) is 6.14. The van der Waals surface area contributed by atoms with E-state index in [-0.39, 0.29) is 62.0 Å². The van der Waals surface area contributed by atoms with Crippen molar-refractivity contribution in [3.8, 4) is 23.0 Å². The number of ether oxygens (including phenoxy) is 2. The van der Waals surface area contributed by atoms with Gasteiger partial charge in [-0.1, -0.05) is 47.6 Å². The summed E-state index contributed by atoms with van der Waals surface area (Å²) in [7, 11) is 0. The van der Waals surface area contributed by atoms with Crippen molar-refractivity contribution in [2.45, 2.75) is 78.6 Å². The molecule has 8 nitrogen and oxygen atoms in total. The highest BCUT2D eigenvalue weighted by Gasteiger charge is 2.56. The number of phenols is 2. The molecule has 0 bridgehead atoms. The van der Waals surface area contributed by atoms with Gasteiger partial charge in [-0.25, -0.2) is 0 Å². The summed E-state index contributed by atoms with van der Waals surface area (Å²) in [6, 6.07) is 3.79. The maximum Gasteiger partial charge on any atom is 0.235 e. The quantitative estimate of drug-likeness (QED) is 0.296. The van der Waals surface area contributed by atoms with Crippen molar-refractivity contribution in [2.75, 3.05) is 0 Å². The van der Waals surface area contributed by atoms with Crippen molar-refractivity contribution in [1.29, 1.82) is 0 Å². The van der Waals surface area contributed by atoms with Crippen molar-refractivity contribution in [1.82, 2.24) is 0 Å². The number of carbonyl (C=O) groups is 3. The van der Waals surface area contributed by atoms with Crippen LogP contribution in [0.25, 0.3) is 6.08 Å². The molecule has 0 saturated carbocycles. The number of rotatable bonds is 2. The fourth-order valence-corrected chi connectivity index (χ4v) is 5.64. The van der Waals surface area contributed by atoms with E-state index in [0.717, 1.165) is 5.56 Å². The van der Waals surface area contributed by atoms with Crippen LogP contribution in [0.1, 0.15) is 93.6 Å². The van der Waals surface area contributed by atoms with Crippen LogP contribution in [0, 0.1) is 6.92 Å². The van der Waals surface area contributed by atoms with Gasteiger partial charge in [-0.2, -0.15) is 0 Å². The lowest BCUT2D eigenvalue weighted by molar-refractivity contribution is -0.123. The molecule has 0 amide bonds. The first-order valence-electron chi connectivity index (χ1n) is 13.4. The van der Waals surface area contributed by atoms with E-state index in [1.165, 1.54) is 26.0 Å². The third-order valence-electron chi connectivity index (χ3n) is 8.14. The smallest absolute Gasteiger partial charge is 0.235 e. The second-order valence-electron chi connectivity index (χ2n) is 13.2. The van der Waals surface area contributed by atoms with E-state index < -0.39 is 34.1 Å². The molecule has 3 aliphatic rings. The molecule has 2 heterocycles. The van der Waals surface area contributed by atoms with Crippen LogP contribution in [-0.2, 0) is 25.8 Å². The molecule has 0 spiro atoms. The molecular weight excluding hydrogens is 524 g/mol. The molecule has 0 unspecified atom stereocenters. The number of aliphatic hydroxyl groups is 1. The average Bonchev–Trinajstić information content (AvgIpc) is 3.32. The first-order valence-corrected chi connectivity index (χ1v) is 13.4. The number of phenolic OH excluding ortho intramolecular Hbond substituents is 2. The molecule has 2 aliphatic heterocycles. The molecule has 1 atom stereocenters. The number of hydrogen-bond donors (Lipinski definition) is 3. The lowest BCUT2D eigenvalue weighted by atomic mass is 9.71. The zero-order valence-corrected chi connectivity index (χ0v) is 24.7. The number of benzene rings is 2. The summed E-state index contributed by atoms with van der Waals surface area (Å²) in [5.41, 5.74) is -0.346. The van der Waals surface area contributed by atoms with Crippen molar-refractivity contribution in [3.05, 3.63) is 74.4 Å². The molecule has 1 aliphatic carbocycles. The number of hydrogen-bond acceptors (Lipinski definition) is 8. The minimum atomic E-state index is -1.64. The van der Waals surface area contributed by atoms with Gasteiger partial charge in [0.05, 0.1) is 5.56 Å². The monoisotopic (exact) mass is 558 g/mol. The zero-order valence-electron chi connectivity index (χ0n) is 24.7. The minimum Gasteiger partial charge on any atom is -0.507 e. The summed E-state index contributed by atoms with van der Waals surface area (Å²) < 4.78 is 12.0. The Balaban J connectivity index is 1.70. The number of allylic oxidation sites excluding steroid dienone is 4. The molecule has 3 N–H and O–H groups in total. The Morgan fingerprint density at radius 3 is 2.12 bits per heavy atom. The van der Waals surface area contributed by atoms with Gasteiger partial charge >= 0.3 is 0 Å². The SMILES string of the molecule is CC(=O)C1=C(O)C=C2Oc3c4c(c(C)c(O)c3[C@]2(C)C1=O)O/C(=C\c1cc(C(C)(C)C)cc(C(C)(C)C)c1O)C4=O. The largest absolute Gasteiger partial charge is 0.507 e. The van der Waals surface area contributed by atoms with Crippen LogP contribution in [0.4, 0.5) is 0 Å². The van der Waals surface area contributed by atoms with Crippen molar-refractivity contribution in [3.63, 3.8) is 0 Å². The van der Waals surface area contributed by atoms with Crippen LogP contribution in [0.15, 0.2) is 41.1 Å². The maximum absolute atomic E-state index is 13.9. The van der Waals surface area contributed by atoms with Crippen molar-refractivity contribution >= 4 is 23.4 Å². The zero-order chi connectivity index (χ0) is 30.6. The van der Waals surface area contributed by atoms with Crippen LogP contribution < -0.4 is 9.47 Å². The van der Waals surface area contributed by atoms with Crippen molar-refractivity contribution < 1.29 is 39.2 Å². The van der Waals surface area contributed by atoms with Crippen LogP contribution in [0.3, 0.4) is 0 Å². The Hall–Kier alpha value is -4.33. The minimum absolute atomic E-state index is 0.0113. The Bertz CT molecular complexity index is 1700. The topological polar surface area (TPSA) is 130 Å². The molecule has 0 radical (unpaired) electrons. The molecule has 8 heteroatoms. The molecule has 5 rings (SSSR count). The fourth-order valence-electron chi connectivity index (χ4n) is 5.64. The molecule has 2 aromatic carbocycles. The van der Waals surface area contributed by atoms with Gasteiger partial charge in [0.25, 0.3) is 0 Å². The van der Waals surface area contributed by atoms with E-state index in [9.17, 15) is 29.7 Å². The average molecular weight is 559 g/mol. The van der Waals surface area contributed by atoms with E-state index in [1.54, 1.807) is 6.92 Å². The van der Waals surface area contributed by atoms with Crippen LogP contribution in [-0.4, -0.2) is 32.7 Å². The molecule has 0 saturated heterocycles. The van der Waals surface area contributed by atoms with Gasteiger partial charge in [0.15, 0.2) is 23.1 Å². The third kappa shape index (κ3) is 3.91. The van der Waals surface area contributed by atoms with Crippen LogP contribution in [0.2, 0.25) is 0 Å². The molecule has 41 heavy (non-hydrogen) atoms. The van der Waals surface area contributed by atoms with Crippen molar-refractivity contribution in [2.24, 2.45) is 0 Å². The highest BCUT2D eigenvalue weighted by molar-refractivity contribution is 6.26. The fraction of sp³-hybridized carbons (Fsp3) is 0.364. The van der Waals surface area contributed by atoms with Crippen LogP contribution >= 0.6 is 0 Å². The van der Waals surface area contributed by atoms with Crippen LogP contribution in [0.5, 0.6) is 23.0 Å². The first-order chi connectivity index (χ1) is 18.8. The Morgan fingerprint density at radius 2 is 1.56 bits per heavy atom. The van der Waals surface area contributed by atoms with Gasteiger partial charge in [-0.3, -0.25) is 14.4 Å². The van der Waals surface area contributed by atoms with Gasteiger partial charge < -0.3 is 24.8 Å². The Kier molecular flexibility index (Phi) is 5.91. The van der Waals surface area contributed by atoms with Gasteiger partial charge in [-0.05, 0) is 49.3 Å². The van der Waals surface area contributed by atoms with E-state index in [4.69, 9.17) is 9.47 Å². The van der Waals surface area contributed by atoms with E-state index in [2.05, 4.69) is 20.8 Å². The Morgan fingerprint density at radius 1 is 0.927 bits per heavy atom. The van der Waals surface area contributed by atoms with E-state index in [0.29, 0.717) is 11.1 Å². The second kappa shape index (κ2) is 8.59. The van der Waals surface area contributed by atoms with Gasteiger partial charge in [0.1, 0.15) is 45.3 Å². The first kappa shape index (κ1) is 28.2. The summed E-state index contributed by atoms with van der Waals surface area (Å²) in [4.78, 5) is 39.6. The number of ketones is 3. The standard InChI is InChI=1S/C33H34O8/c1-14-25(36)24-29(41-21-13-19(35)22(15(2)34)30(39)33(21,24)9)23-27(38)20(40-28(14)23)11-16-10-17(31(3,4)5)12-18(26(16)37)32(6,7)8/h10-13,35-37H,1-9H3/b20-11-/t33-/m1/s1. The van der Waals surface area contributed by atoms with Gasteiger partial charge in [0.2, 0.25) is 5.78 Å². The van der Waals surface area contributed by atoms with E-state index in [1.807, 2.05) is 32.9 Å². The third-order valence-corrected chi connectivity index (χ3v) is 8.14. The van der Waals surface area contributed by atoms with Gasteiger partial charge in [-0.15, -0.1) is 0 Å². The maximum atomic E-state index is 13.9. The molecule has 0 fully saturated rings. The lowest BCUT2D eigenvalue weighted by Gasteiger charge is -2.27. The summed E-state index contributed by atoms with van der Waals surface area (Å²) in [6.45, 7) is 16.4. The molecule has 214 valence electrons. The number of aliphatic hydroxyl groups excluding tert-OH is 1. The number of aromatic hydroxyl groups is 2. The number of carbonyl (C=O) groups excluding carboxylic acids is 3. The summed E-state index contributed by atoms with van der Waals surface area (Å²) >= 11 is 0. The predicted molar refractivity (Wildman–Crippen MR) is 153 cm³/mol. The molecular formula is C33H34O8. The number of Topliss-reactive ketones (excluding diaryl/α,β-unsaturated/α-hetero) is 3. The highest BCUT2D eigenvalue weighted by Crippen LogP contribution is 2.59. The molecule has 2 aromatic rings. The summed E-state index contributed by atoms with van der Waals surface area (Å²) in [5.74, 6) is -2.87. The highest BCUT2D eigenvalue weighted by atomic mass is 16.5. The normalized spacial score (nSPS) is 20.9. The Labute approximate surface area is 238 Å². The second-order valence-corrected chi connectivity index (χ2v) is 13.2.